The maximum Gasteiger partial charge on any atom is 0.339 e. The SMILES string of the molecule is O=C(O)c1ccc(CNc2cc(Cl)c[nH]c2=O)cc1O. The Balaban J connectivity index is 2.15. The van der Waals surface area contributed by atoms with E-state index in [0.29, 0.717) is 16.3 Å². The van der Waals surface area contributed by atoms with Crippen molar-refractivity contribution in [3.05, 3.63) is 57.0 Å². The molecule has 7 heteroatoms. The first-order chi connectivity index (χ1) is 9.47. The summed E-state index contributed by atoms with van der Waals surface area (Å²) in [5.41, 5.74) is 0.432. The lowest BCUT2D eigenvalue weighted by Gasteiger charge is -2.07. The number of aromatic carboxylic acids is 1. The van der Waals surface area contributed by atoms with Gasteiger partial charge in [0.05, 0.1) is 5.02 Å². The number of rotatable bonds is 4. The number of pyridine rings is 1. The molecule has 0 radical (unpaired) electrons. The van der Waals surface area contributed by atoms with Gasteiger partial charge in [0.15, 0.2) is 0 Å². The molecule has 0 aliphatic rings. The molecule has 0 spiro atoms. The number of aromatic amines is 1. The summed E-state index contributed by atoms with van der Waals surface area (Å²) in [4.78, 5) is 24.7. The zero-order valence-corrected chi connectivity index (χ0v) is 10.9. The van der Waals surface area contributed by atoms with Crippen molar-refractivity contribution < 1.29 is 15.0 Å². The smallest absolute Gasteiger partial charge is 0.339 e. The Morgan fingerprint density at radius 2 is 2.10 bits per heavy atom. The van der Waals surface area contributed by atoms with E-state index in [4.69, 9.17) is 16.7 Å². The van der Waals surface area contributed by atoms with E-state index in [-0.39, 0.29) is 23.4 Å². The summed E-state index contributed by atoms with van der Waals surface area (Å²) in [6.07, 6.45) is 1.38. The van der Waals surface area contributed by atoms with Crippen LogP contribution in [0.15, 0.2) is 35.3 Å². The average molecular weight is 295 g/mol. The first-order valence-corrected chi connectivity index (χ1v) is 6.02. The van der Waals surface area contributed by atoms with E-state index < -0.39 is 5.97 Å². The lowest BCUT2D eigenvalue weighted by atomic mass is 10.1. The lowest BCUT2D eigenvalue weighted by molar-refractivity contribution is 0.0693. The number of benzene rings is 1. The fourth-order valence-corrected chi connectivity index (χ4v) is 1.82. The first kappa shape index (κ1) is 14.0. The van der Waals surface area contributed by atoms with Crippen molar-refractivity contribution in [1.82, 2.24) is 4.98 Å². The van der Waals surface area contributed by atoms with E-state index >= 15 is 0 Å². The molecule has 0 fully saturated rings. The molecule has 0 aliphatic heterocycles. The van der Waals surface area contributed by atoms with Gasteiger partial charge in [0.1, 0.15) is 17.0 Å². The summed E-state index contributed by atoms with van der Waals surface area (Å²) in [6.45, 7) is 0.247. The van der Waals surface area contributed by atoms with E-state index in [9.17, 15) is 14.7 Å². The number of carbonyl (C=O) groups is 1. The molecule has 0 atom stereocenters. The van der Waals surface area contributed by atoms with E-state index in [1.807, 2.05) is 0 Å². The number of anilines is 1. The Hall–Kier alpha value is -2.47. The van der Waals surface area contributed by atoms with Gasteiger partial charge in [-0.2, -0.15) is 0 Å². The Morgan fingerprint density at radius 3 is 2.75 bits per heavy atom. The van der Waals surface area contributed by atoms with Gasteiger partial charge in [-0.1, -0.05) is 17.7 Å². The maximum absolute atomic E-state index is 11.5. The standard InChI is InChI=1S/C13H11ClN2O4/c14-8-4-10(12(18)16-6-8)15-5-7-1-2-9(13(19)20)11(17)3-7/h1-4,6,15,17H,5H2,(H,16,18)(H,19,20). The molecule has 1 aromatic heterocycles. The lowest BCUT2D eigenvalue weighted by Crippen LogP contribution is -2.13. The number of hydrogen-bond donors (Lipinski definition) is 4. The van der Waals surface area contributed by atoms with Gasteiger partial charge in [-0.3, -0.25) is 4.79 Å². The summed E-state index contributed by atoms with van der Waals surface area (Å²) >= 11 is 5.76. The van der Waals surface area contributed by atoms with Crippen molar-refractivity contribution in [2.24, 2.45) is 0 Å². The molecule has 1 heterocycles. The number of carboxylic acid groups (broad SMARTS) is 1. The van der Waals surface area contributed by atoms with Crippen LogP contribution in [-0.2, 0) is 6.54 Å². The van der Waals surface area contributed by atoms with E-state index in [2.05, 4.69) is 10.3 Å². The molecule has 2 rings (SSSR count). The molecule has 4 N–H and O–H groups in total. The average Bonchev–Trinajstić information content (AvgIpc) is 2.39. The molecule has 0 bridgehead atoms. The fraction of sp³-hybridized carbons (Fsp3) is 0.0769. The highest BCUT2D eigenvalue weighted by Crippen LogP contribution is 2.19. The van der Waals surface area contributed by atoms with E-state index in [1.54, 1.807) is 6.07 Å². The number of aromatic nitrogens is 1. The molecule has 104 valence electrons. The molecule has 0 saturated heterocycles. The van der Waals surface area contributed by atoms with Crippen LogP contribution in [0.2, 0.25) is 5.02 Å². The molecular weight excluding hydrogens is 284 g/mol. The molecule has 0 amide bonds. The molecule has 0 unspecified atom stereocenters. The number of nitrogens with one attached hydrogen (secondary N) is 2. The predicted octanol–water partition coefficient (Wildman–Crippen LogP) is 2.04. The largest absolute Gasteiger partial charge is 0.507 e. The van der Waals surface area contributed by atoms with Crippen LogP contribution in [0.4, 0.5) is 5.69 Å². The molecule has 20 heavy (non-hydrogen) atoms. The Morgan fingerprint density at radius 1 is 1.35 bits per heavy atom. The number of phenols is 1. The molecule has 0 saturated carbocycles. The van der Waals surface area contributed by atoms with Gasteiger partial charge in [0, 0.05) is 12.7 Å². The Kier molecular flexibility index (Phi) is 3.95. The van der Waals surface area contributed by atoms with Gasteiger partial charge in [-0.25, -0.2) is 4.79 Å². The Labute approximate surface area is 118 Å². The van der Waals surface area contributed by atoms with E-state index in [1.165, 1.54) is 24.4 Å². The number of hydrogen-bond acceptors (Lipinski definition) is 4. The Bertz CT molecular complexity index is 712. The molecule has 2 aromatic rings. The summed E-state index contributed by atoms with van der Waals surface area (Å²) < 4.78 is 0. The third-order valence-electron chi connectivity index (χ3n) is 2.64. The van der Waals surface area contributed by atoms with Gasteiger partial charge >= 0.3 is 5.97 Å². The second-order valence-electron chi connectivity index (χ2n) is 4.07. The second kappa shape index (κ2) is 5.66. The van der Waals surface area contributed by atoms with Crippen molar-refractivity contribution in [2.75, 3.05) is 5.32 Å². The molecular formula is C13H11ClN2O4. The summed E-state index contributed by atoms with van der Waals surface area (Å²) in [5, 5.41) is 21.6. The zero-order chi connectivity index (χ0) is 14.7. The van der Waals surface area contributed by atoms with Crippen LogP contribution in [0.25, 0.3) is 0 Å². The highest BCUT2D eigenvalue weighted by Gasteiger charge is 2.09. The first-order valence-electron chi connectivity index (χ1n) is 5.64. The summed E-state index contributed by atoms with van der Waals surface area (Å²) in [7, 11) is 0. The highest BCUT2D eigenvalue weighted by atomic mass is 35.5. The third kappa shape index (κ3) is 3.10. The van der Waals surface area contributed by atoms with Gasteiger partial charge in [0.25, 0.3) is 5.56 Å². The minimum Gasteiger partial charge on any atom is -0.507 e. The monoisotopic (exact) mass is 294 g/mol. The van der Waals surface area contributed by atoms with Crippen molar-refractivity contribution in [3.63, 3.8) is 0 Å². The number of carboxylic acids is 1. The van der Waals surface area contributed by atoms with Crippen molar-refractivity contribution in [3.8, 4) is 5.75 Å². The van der Waals surface area contributed by atoms with Gasteiger partial charge in [0.2, 0.25) is 0 Å². The van der Waals surface area contributed by atoms with Crippen molar-refractivity contribution in [2.45, 2.75) is 6.54 Å². The van der Waals surface area contributed by atoms with Crippen LogP contribution < -0.4 is 10.9 Å². The fourth-order valence-electron chi connectivity index (χ4n) is 1.65. The van der Waals surface area contributed by atoms with Crippen LogP contribution in [0.1, 0.15) is 15.9 Å². The summed E-state index contributed by atoms with van der Waals surface area (Å²) in [6, 6.07) is 5.66. The van der Waals surface area contributed by atoms with Crippen LogP contribution in [0.5, 0.6) is 5.75 Å². The zero-order valence-electron chi connectivity index (χ0n) is 10.2. The van der Waals surface area contributed by atoms with Crippen molar-refractivity contribution >= 4 is 23.3 Å². The second-order valence-corrected chi connectivity index (χ2v) is 4.51. The molecule has 1 aromatic carbocycles. The minimum absolute atomic E-state index is 0.172. The van der Waals surface area contributed by atoms with Crippen molar-refractivity contribution in [1.29, 1.82) is 0 Å². The van der Waals surface area contributed by atoms with E-state index in [0.717, 1.165) is 0 Å². The van der Waals surface area contributed by atoms with Crippen LogP contribution >= 0.6 is 11.6 Å². The van der Waals surface area contributed by atoms with Gasteiger partial charge < -0.3 is 20.5 Å². The molecule has 6 nitrogen and oxygen atoms in total. The molecule has 0 aliphatic carbocycles. The van der Waals surface area contributed by atoms with Gasteiger partial charge in [-0.15, -0.1) is 0 Å². The summed E-state index contributed by atoms with van der Waals surface area (Å²) in [5.74, 6) is -1.52. The topological polar surface area (TPSA) is 102 Å². The highest BCUT2D eigenvalue weighted by molar-refractivity contribution is 6.30. The number of aromatic hydroxyl groups is 1. The van der Waals surface area contributed by atoms with Gasteiger partial charge in [-0.05, 0) is 23.8 Å². The normalized spacial score (nSPS) is 10.2. The van der Waals surface area contributed by atoms with Crippen LogP contribution in [0, 0.1) is 0 Å². The third-order valence-corrected chi connectivity index (χ3v) is 2.86. The predicted molar refractivity (Wildman–Crippen MR) is 74.5 cm³/mol. The maximum atomic E-state index is 11.5. The minimum atomic E-state index is -1.20. The number of halogens is 1. The van der Waals surface area contributed by atoms with Crippen LogP contribution in [-0.4, -0.2) is 21.2 Å². The quantitative estimate of drug-likeness (QED) is 0.691. The number of H-pyrrole nitrogens is 1. The van der Waals surface area contributed by atoms with Crippen LogP contribution in [0.3, 0.4) is 0 Å².